The number of anilines is 1. The van der Waals surface area contributed by atoms with Gasteiger partial charge in [-0.2, -0.15) is 0 Å². The molecule has 0 saturated heterocycles. The third kappa shape index (κ3) is 3.51. The van der Waals surface area contributed by atoms with Crippen LogP contribution in [0.2, 0.25) is 0 Å². The largest absolute Gasteiger partial charge is 0.478 e. The number of carboxylic acids is 1. The zero-order chi connectivity index (χ0) is 15.4. The fourth-order valence-electron chi connectivity index (χ4n) is 1.54. The van der Waals surface area contributed by atoms with E-state index in [4.69, 9.17) is 10.8 Å². The highest BCUT2D eigenvalue weighted by molar-refractivity contribution is 5.96. The number of hydrogen-bond acceptors (Lipinski definition) is 3. The first-order valence-corrected chi connectivity index (χ1v) is 6.06. The number of amides is 1. The second-order valence-electron chi connectivity index (χ2n) is 4.52. The smallest absolute Gasteiger partial charge is 0.338 e. The van der Waals surface area contributed by atoms with Crippen LogP contribution in [0.4, 0.5) is 14.5 Å². The van der Waals surface area contributed by atoms with Crippen molar-refractivity contribution < 1.29 is 23.5 Å². The molecule has 4 N–H and O–H groups in total. The van der Waals surface area contributed by atoms with Crippen LogP contribution in [0.15, 0.2) is 12.1 Å². The number of carboxylic acid groups (broad SMARTS) is 1. The summed E-state index contributed by atoms with van der Waals surface area (Å²) in [6.45, 7) is 3.60. The third-order valence-corrected chi connectivity index (χ3v) is 3.10. The van der Waals surface area contributed by atoms with Crippen molar-refractivity contribution in [1.29, 1.82) is 0 Å². The number of benzene rings is 1. The summed E-state index contributed by atoms with van der Waals surface area (Å²) in [6, 6.07) is 0.278. The second kappa shape index (κ2) is 6.42. The number of carbonyl (C=O) groups is 2. The molecule has 0 saturated carbocycles. The number of nitrogens with one attached hydrogen (secondary N) is 1. The van der Waals surface area contributed by atoms with Gasteiger partial charge in [0.25, 0.3) is 0 Å². The van der Waals surface area contributed by atoms with Gasteiger partial charge in [-0.25, -0.2) is 13.6 Å². The van der Waals surface area contributed by atoms with Gasteiger partial charge in [-0.3, -0.25) is 4.79 Å². The van der Waals surface area contributed by atoms with Crippen molar-refractivity contribution in [2.75, 3.05) is 5.32 Å². The summed E-state index contributed by atoms with van der Waals surface area (Å²) in [6.07, 6.45) is 0.654. The van der Waals surface area contributed by atoms with E-state index in [1.165, 1.54) is 0 Å². The Hall–Kier alpha value is -2.02. The molecule has 1 amide bonds. The fraction of sp³-hybridized carbons (Fsp3) is 0.385. The zero-order valence-corrected chi connectivity index (χ0v) is 11.1. The number of aromatic carboxylic acids is 1. The monoisotopic (exact) mass is 286 g/mol. The van der Waals surface area contributed by atoms with Crippen LogP contribution < -0.4 is 11.1 Å². The van der Waals surface area contributed by atoms with E-state index in [-0.39, 0.29) is 5.92 Å². The number of halogens is 2. The van der Waals surface area contributed by atoms with Crippen LogP contribution in [0.3, 0.4) is 0 Å². The lowest BCUT2D eigenvalue weighted by molar-refractivity contribution is -0.118. The van der Waals surface area contributed by atoms with Gasteiger partial charge < -0.3 is 16.2 Å². The van der Waals surface area contributed by atoms with E-state index >= 15 is 0 Å². The van der Waals surface area contributed by atoms with E-state index in [2.05, 4.69) is 5.32 Å². The van der Waals surface area contributed by atoms with E-state index in [0.29, 0.717) is 12.5 Å². The standard InChI is InChI=1S/C13H16F2N2O3/c1-3-6(2)11(16)12(18)17-10-4-7(13(19)20)8(14)5-9(10)15/h4-6,11H,3,16H2,1-2H3,(H,17,18)(H,19,20)/t6?,11-/m0/s1. The highest BCUT2D eigenvalue weighted by Crippen LogP contribution is 2.20. The predicted octanol–water partition coefficient (Wildman–Crippen LogP) is 1.97. The van der Waals surface area contributed by atoms with Crippen molar-refractivity contribution in [2.24, 2.45) is 11.7 Å². The molecule has 20 heavy (non-hydrogen) atoms. The van der Waals surface area contributed by atoms with E-state index in [9.17, 15) is 18.4 Å². The van der Waals surface area contributed by atoms with Crippen LogP contribution in [0, 0.1) is 17.6 Å². The van der Waals surface area contributed by atoms with Crippen molar-refractivity contribution in [3.8, 4) is 0 Å². The van der Waals surface area contributed by atoms with Crippen LogP contribution in [0.25, 0.3) is 0 Å². The molecule has 0 aliphatic carbocycles. The van der Waals surface area contributed by atoms with Crippen molar-refractivity contribution in [3.05, 3.63) is 29.3 Å². The molecule has 0 spiro atoms. The number of rotatable bonds is 5. The summed E-state index contributed by atoms with van der Waals surface area (Å²) < 4.78 is 26.7. The number of carbonyl (C=O) groups excluding carboxylic acids is 1. The lowest BCUT2D eigenvalue weighted by Crippen LogP contribution is -2.40. The Bertz CT molecular complexity index is 535. The second-order valence-corrected chi connectivity index (χ2v) is 4.52. The topological polar surface area (TPSA) is 92.4 Å². The molecule has 1 aromatic rings. The summed E-state index contributed by atoms with van der Waals surface area (Å²) in [7, 11) is 0. The molecule has 1 rings (SSSR count). The Balaban J connectivity index is 3.01. The maximum Gasteiger partial charge on any atom is 0.338 e. The van der Waals surface area contributed by atoms with Gasteiger partial charge >= 0.3 is 5.97 Å². The van der Waals surface area contributed by atoms with Crippen LogP contribution in [0.5, 0.6) is 0 Å². The molecule has 7 heteroatoms. The average Bonchev–Trinajstić information content (AvgIpc) is 2.39. The zero-order valence-electron chi connectivity index (χ0n) is 11.1. The van der Waals surface area contributed by atoms with Crippen LogP contribution >= 0.6 is 0 Å². The first-order chi connectivity index (χ1) is 9.27. The summed E-state index contributed by atoms with van der Waals surface area (Å²) in [5.41, 5.74) is 4.54. The fourth-order valence-corrected chi connectivity index (χ4v) is 1.54. The maximum atomic E-state index is 13.5. The molecule has 0 aliphatic rings. The summed E-state index contributed by atoms with van der Waals surface area (Å²) in [5, 5.41) is 10.9. The van der Waals surface area contributed by atoms with Crippen LogP contribution in [0.1, 0.15) is 30.6 Å². The van der Waals surface area contributed by atoms with Gasteiger partial charge in [0, 0.05) is 6.07 Å². The van der Waals surface area contributed by atoms with E-state index < -0.39 is 40.8 Å². The molecule has 2 atom stereocenters. The van der Waals surface area contributed by atoms with E-state index in [0.717, 1.165) is 6.07 Å². The Kier molecular flexibility index (Phi) is 5.15. The molecular weight excluding hydrogens is 270 g/mol. The molecule has 0 heterocycles. The van der Waals surface area contributed by atoms with Crippen LogP contribution in [-0.2, 0) is 4.79 Å². The van der Waals surface area contributed by atoms with Crippen molar-refractivity contribution in [3.63, 3.8) is 0 Å². The molecule has 0 bridgehead atoms. The molecule has 1 aromatic carbocycles. The summed E-state index contributed by atoms with van der Waals surface area (Å²) >= 11 is 0. The van der Waals surface area contributed by atoms with Gasteiger partial charge in [-0.1, -0.05) is 20.3 Å². The summed E-state index contributed by atoms with van der Waals surface area (Å²) in [5.74, 6) is -4.60. The molecule has 5 nitrogen and oxygen atoms in total. The number of hydrogen-bond donors (Lipinski definition) is 3. The SMILES string of the molecule is CCC(C)[C@H](N)C(=O)Nc1cc(C(=O)O)c(F)cc1F. The Morgan fingerprint density at radius 2 is 1.95 bits per heavy atom. The lowest BCUT2D eigenvalue weighted by atomic mass is 9.99. The maximum absolute atomic E-state index is 13.5. The van der Waals surface area contributed by atoms with Gasteiger partial charge in [-0.05, 0) is 12.0 Å². The minimum Gasteiger partial charge on any atom is -0.478 e. The Labute approximate surface area is 114 Å². The quantitative estimate of drug-likeness (QED) is 0.771. The lowest BCUT2D eigenvalue weighted by Gasteiger charge is -2.18. The molecule has 0 aromatic heterocycles. The molecule has 110 valence electrons. The minimum absolute atomic E-state index is 0.127. The van der Waals surface area contributed by atoms with Crippen molar-refractivity contribution >= 4 is 17.6 Å². The highest BCUT2D eigenvalue weighted by Gasteiger charge is 2.22. The molecule has 0 fully saturated rings. The van der Waals surface area contributed by atoms with Crippen molar-refractivity contribution in [1.82, 2.24) is 0 Å². The Morgan fingerprint density at radius 3 is 2.45 bits per heavy atom. The third-order valence-electron chi connectivity index (χ3n) is 3.10. The van der Waals surface area contributed by atoms with Gasteiger partial charge in [0.05, 0.1) is 17.3 Å². The van der Waals surface area contributed by atoms with E-state index in [1.54, 1.807) is 6.92 Å². The van der Waals surface area contributed by atoms with Gasteiger partial charge in [0.1, 0.15) is 11.6 Å². The predicted molar refractivity (Wildman–Crippen MR) is 69.4 cm³/mol. The van der Waals surface area contributed by atoms with Crippen LogP contribution in [-0.4, -0.2) is 23.0 Å². The normalized spacial score (nSPS) is 13.7. The molecule has 0 radical (unpaired) electrons. The van der Waals surface area contributed by atoms with Gasteiger partial charge in [0.2, 0.25) is 5.91 Å². The van der Waals surface area contributed by atoms with Gasteiger partial charge in [0.15, 0.2) is 0 Å². The first-order valence-electron chi connectivity index (χ1n) is 6.06. The highest BCUT2D eigenvalue weighted by atomic mass is 19.1. The van der Waals surface area contributed by atoms with Gasteiger partial charge in [-0.15, -0.1) is 0 Å². The van der Waals surface area contributed by atoms with E-state index in [1.807, 2.05) is 6.92 Å². The first kappa shape index (κ1) is 16.0. The summed E-state index contributed by atoms with van der Waals surface area (Å²) in [4.78, 5) is 22.5. The Morgan fingerprint density at radius 1 is 1.35 bits per heavy atom. The minimum atomic E-state index is -1.55. The number of nitrogens with two attached hydrogens (primary N) is 1. The molecule has 0 aliphatic heterocycles. The average molecular weight is 286 g/mol. The molecular formula is C13H16F2N2O3. The molecule has 1 unspecified atom stereocenters. The van der Waals surface area contributed by atoms with Crippen molar-refractivity contribution in [2.45, 2.75) is 26.3 Å².